The van der Waals surface area contributed by atoms with Crippen molar-refractivity contribution in [2.75, 3.05) is 7.11 Å². The standard InChI is InChI=1S/C21H23N3O3S/c1-5-24-20(26)15-8-7-14(11-17(15)23-21(24)28)19(25)22-13(3)16-10-12(2)6-9-18(16)27-4/h6-11,13H,5H2,1-4H3,(H,22,25)(H,23,28). The normalized spacial score (nSPS) is 12.0. The summed E-state index contributed by atoms with van der Waals surface area (Å²) in [7, 11) is 1.61. The second-order valence-electron chi connectivity index (χ2n) is 6.68. The number of nitrogens with zero attached hydrogens (tertiary/aromatic N) is 1. The van der Waals surface area contributed by atoms with Crippen LogP contribution in [0.2, 0.25) is 0 Å². The molecule has 2 N–H and O–H groups in total. The Hall–Kier alpha value is -2.93. The molecule has 3 rings (SSSR count). The predicted molar refractivity (Wildman–Crippen MR) is 113 cm³/mol. The molecule has 0 aliphatic rings. The van der Waals surface area contributed by atoms with Gasteiger partial charge in [0.05, 0.1) is 24.1 Å². The first-order chi connectivity index (χ1) is 13.3. The van der Waals surface area contributed by atoms with Crippen molar-refractivity contribution in [2.45, 2.75) is 33.4 Å². The maximum atomic E-state index is 12.8. The number of H-pyrrole nitrogens is 1. The van der Waals surface area contributed by atoms with Gasteiger partial charge in [0, 0.05) is 17.7 Å². The van der Waals surface area contributed by atoms with E-state index in [1.54, 1.807) is 25.3 Å². The van der Waals surface area contributed by atoms with Gasteiger partial charge >= 0.3 is 0 Å². The highest BCUT2D eigenvalue weighted by Crippen LogP contribution is 2.26. The van der Waals surface area contributed by atoms with E-state index in [9.17, 15) is 9.59 Å². The topological polar surface area (TPSA) is 76.1 Å². The molecule has 0 spiro atoms. The molecule has 1 unspecified atom stereocenters. The molecule has 1 atom stereocenters. The van der Waals surface area contributed by atoms with Gasteiger partial charge in [0.1, 0.15) is 5.75 Å². The molecule has 0 fully saturated rings. The second-order valence-corrected chi connectivity index (χ2v) is 7.07. The summed E-state index contributed by atoms with van der Waals surface area (Å²) in [5.74, 6) is 0.484. The first kappa shape index (κ1) is 19.8. The maximum Gasteiger partial charge on any atom is 0.262 e. The van der Waals surface area contributed by atoms with E-state index in [0.29, 0.717) is 27.8 Å². The van der Waals surface area contributed by atoms with Crippen LogP contribution in [0.3, 0.4) is 0 Å². The van der Waals surface area contributed by atoms with Gasteiger partial charge in [-0.15, -0.1) is 0 Å². The molecular weight excluding hydrogens is 374 g/mol. The van der Waals surface area contributed by atoms with E-state index in [-0.39, 0.29) is 17.5 Å². The van der Waals surface area contributed by atoms with Crippen molar-refractivity contribution in [3.63, 3.8) is 0 Å². The molecule has 28 heavy (non-hydrogen) atoms. The molecule has 0 bridgehead atoms. The number of rotatable bonds is 5. The number of carbonyl (C=O) groups is 1. The van der Waals surface area contributed by atoms with E-state index in [0.717, 1.165) is 16.9 Å². The van der Waals surface area contributed by atoms with Gasteiger partial charge in [0.25, 0.3) is 11.5 Å². The Morgan fingerprint density at radius 2 is 2.04 bits per heavy atom. The van der Waals surface area contributed by atoms with Crippen LogP contribution in [-0.4, -0.2) is 22.6 Å². The average molecular weight is 398 g/mol. The van der Waals surface area contributed by atoms with Crippen LogP contribution in [0.4, 0.5) is 0 Å². The van der Waals surface area contributed by atoms with Crippen molar-refractivity contribution < 1.29 is 9.53 Å². The van der Waals surface area contributed by atoms with Crippen molar-refractivity contribution in [1.29, 1.82) is 0 Å². The number of hydrogen-bond acceptors (Lipinski definition) is 4. The van der Waals surface area contributed by atoms with Crippen molar-refractivity contribution in [3.8, 4) is 5.75 Å². The zero-order valence-electron chi connectivity index (χ0n) is 16.3. The van der Waals surface area contributed by atoms with Gasteiger partial charge in [-0.05, 0) is 57.3 Å². The summed E-state index contributed by atoms with van der Waals surface area (Å²) in [4.78, 5) is 28.3. The van der Waals surface area contributed by atoms with Crippen LogP contribution < -0.4 is 15.6 Å². The SMILES string of the molecule is CCn1c(=S)[nH]c2cc(C(=O)NC(C)c3cc(C)ccc3OC)ccc2c1=O. The Balaban J connectivity index is 1.93. The van der Waals surface area contributed by atoms with Crippen molar-refractivity contribution in [2.24, 2.45) is 0 Å². The number of hydrogen-bond donors (Lipinski definition) is 2. The Morgan fingerprint density at radius 1 is 1.29 bits per heavy atom. The number of fused-ring (bicyclic) bond motifs is 1. The Morgan fingerprint density at radius 3 is 2.71 bits per heavy atom. The van der Waals surface area contributed by atoms with Crippen LogP contribution >= 0.6 is 12.2 Å². The lowest BCUT2D eigenvalue weighted by Crippen LogP contribution is -2.27. The number of aromatic nitrogens is 2. The maximum absolute atomic E-state index is 12.8. The lowest BCUT2D eigenvalue weighted by Gasteiger charge is -2.18. The molecule has 0 saturated carbocycles. The van der Waals surface area contributed by atoms with Gasteiger partial charge in [0.2, 0.25) is 0 Å². The third-order valence-corrected chi connectivity index (χ3v) is 5.08. The number of methoxy groups -OCH3 is 1. The van der Waals surface area contributed by atoms with Crippen LogP contribution in [0.15, 0.2) is 41.2 Å². The summed E-state index contributed by atoms with van der Waals surface area (Å²) in [6.45, 7) is 6.25. The van der Waals surface area contributed by atoms with Crippen molar-refractivity contribution in [3.05, 3.63) is 68.2 Å². The molecule has 1 amide bonds. The first-order valence-corrected chi connectivity index (χ1v) is 9.48. The van der Waals surface area contributed by atoms with Crippen LogP contribution in [-0.2, 0) is 6.54 Å². The summed E-state index contributed by atoms with van der Waals surface area (Å²) in [5, 5.41) is 3.49. The number of aromatic amines is 1. The van der Waals surface area contributed by atoms with Crippen LogP contribution in [0.25, 0.3) is 10.9 Å². The molecule has 3 aromatic rings. The third kappa shape index (κ3) is 3.71. The molecule has 2 aromatic carbocycles. The summed E-state index contributed by atoms with van der Waals surface area (Å²) in [5.41, 5.74) is 2.83. The smallest absolute Gasteiger partial charge is 0.262 e. The highest BCUT2D eigenvalue weighted by atomic mass is 32.1. The van der Waals surface area contributed by atoms with Crippen molar-refractivity contribution in [1.82, 2.24) is 14.9 Å². The summed E-state index contributed by atoms with van der Waals surface area (Å²) in [6, 6.07) is 10.6. The fourth-order valence-corrected chi connectivity index (χ4v) is 3.55. The van der Waals surface area contributed by atoms with Crippen LogP contribution in [0.5, 0.6) is 5.75 Å². The zero-order valence-corrected chi connectivity index (χ0v) is 17.1. The minimum atomic E-state index is -0.246. The molecule has 0 aliphatic heterocycles. The van der Waals surface area contributed by atoms with Gasteiger partial charge < -0.3 is 15.0 Å². The molecule has 0 radical (unpaired) electrons. The van der Waals surface area contributed by atoms with Gasteiger partial charge in [-0.2, -0.15) is 0 Å². The summed E-state index contributed by atoms with van der Waals surface area (Å²) in [6.07, 6.45) is 0. The monoisotopic (exact) mass is 397 g/mol. The zero-order chi connectivity index (χ0) is 20.4. The van der Waals surface area contributed by atoms with Crippen LogP contribution in [0.1, 0.15) is 41.4 Å². The number of ether oxygens (including phenoxy) is 1. The largest absolute Gasteiger partial charge is 0.496 e. The number of amides is 1. The second kappa shape index (κ2) is 7.98. The Kier molecular flexibility index (Phi) is 5.65. The van der Waals surface area contributed by atoms with Crippen molar-refractivity contribution >= 4 is 29.0 Å². The number of aryl methyl sites for hydroxylation is 1. The van der Waals surface area contributed by atoms with E-state index in [4.69, 9.17) is 17.0 Å². The number of carbonyl (C=O) groups excluding carboxylic acids is 1. The summed E-state index contributed by atoms with van der Waals surface area (Å²) < 4.78 is 7.24. The molecule has 1 heterocycles. The fraction of sp³-hybridized carbons (Fsp3) is 0.286. The minimum absolute atomic E-state index is 0.161. The van der Waals surface area contributed by atoms with E-state index in [2.05, 4.69) is 10.3 Å². The van der Waals surface area contributed by atoms with Crippen LogP contribution in [0, 0.1) is 11.7 Å². The summed E-state index contributed by atoms with van der Waals surface area (Å²) >= 11 is 5.24. The lowest BCUT2D eigenvalue weighted by atomic mass is 10.0. The minimum Gasteiger partial charge on any atom is -0.496 e. The quantitative estimate of drug-likeness (QED) is 0.641. The first-order valence-electron chi connectivity index (χ1n) is 9.08. The number of nitrogens with one attached hydrogen (secondary N) is 2. The lowest BCUT2D eigenvalue weighted by molar-refractivity contribution is 0.0939. The fourth-order valence-electron chi connectivity index (χ4n) is 3.23. The molecular formula is C21H23N3O3S. The number of benzene rings is 2. The van der Waals surface area contributed by atoms with Gasteiger partial charge in [-0.1, -0.05) is 17.7 Å². The van der Waals surface area contributed by atoms with E-state index < -0.39 is 0 Å². The van der Waals surface area contributed by atoms with Gasteiger partial charge in [-0.3, -0.25) is 14.2 Å². The molecule has 146 valence electrons. The highest BCUT2D eigenvalue weighted by molar-refractivity contribution is 7.71. The molecule has 1 aromatic heterocycles. The molecule has 0 aliphatic carbocycles. The molecule has 0 saturated heterocycles. The van der Waals surface area contributed by atoms with E-state index in [1.165, 1.54) is 4.57 Å². The third-order valence-electron chi connectivity index (χ3n) is 4.76. The van der Waals surface area contributed by atoms with Gasteiger partial charge in [0.15, 0.2) is 4.77 Å². The van der Waals surface area contributed by atoms with Gasteiger partial charge in [-0.25, -0.2) is 0 Å². The molecule has 7 heteroatoms. The Bertz CT molecular complexity index is 1160. The Labute approximate surface area is 168 Å². The highest BCUT2D eigenvalue weighted by Gasteiger charge is 2.16. The van der Waals surface area contributed by atoms with E-state index >= 15 is 0 Å². The predicted octanol–water partition coefficient (Wildman–Crippen LogP) is 3.89. The van der Waals surface area contributed by atoms with E-state index in [1.807, 2.05) is 39.0 Å². The average Bonchev–Trinajstić information content (AvgIpc) is 2.67. The molecule has 6 nitrogen and oxygen atoms in total.